The first-order valence-corrected chi connectivity index (χ1v) is 9.26. The van der Waals surface area contributed by atoms with E-state index in [1.807, 2.05) is 0 Å². The Morgan fingerprint density at radius 1 is 0.857 bits per heavy atom. The summed E-state index contributed by atoms with van der Waals surface area (Å²) in [4.78, 5) is 2.72. The van der Waals surface area contributed by atoms with Gasteiger partial charge in [0, 0.05) is 20.9 Å². The molecule has 0 atom stereocenters. The van der Waals surface area contributed by atoms with Gasteiger partial charge in [-0.25, -0.2) is 0 Å². The fraction of sp³-hybridized carbons (Fsp3) is 0.529. The summed E-state index contributed by atoms with van der Waals surface area (Å²) in [5, 5.41) is 4.30. The first-order chi connectivity index (χ1) is 10.1. The fourth-order valence-electron chi connectivity index (χ4n) is 2.95. The van der Waals surface area contributed by atoms with Crippen LogP contribution in [0.1, 0.15) is 60.4 Å². The Bertz CT molecular complexity index is 556. The highest BCUT2D eigenvalue weighted by Gasteiger charge is 2.45. The van der Waals surface area contributed by atoms with Crippen molar-refractivity contribution in [3.8, 4) is 0 Å². The van der Waals surface area contributed by atoms with Gasteiger partial charge in [0.15, 0.2) is 0 Å². The molecule has 2 nitrogen and oxygen atoms in total. The fourth-order valence-corrected chi connectivity index (χ4v) is 4.85. The van der Waals surface area contributed by atoms with Crippen LogP contribution in [-0.4, -0.2) is 13.2 Å². The van der Waals surface area contributed by atoms with Gasteiger partial charge < -0.3 is 9.47 Å². The van der Waals surface area contributed by atoms with Crippen LogP contribution in [0.25, 0.3) is 0 Å². The quantitative estimate of drug-likeness (QED) is 0.760. The number of ether oxygens (including phenoxy) is 2. The van der Waals surface area contributed by atoms with Gasteiger partial charge in [0.1, 0.15) is 0 Å². The highest BCUT2D eigenvalue weighted by molar-refractivity contribution is 7.10. The van der Waals surface area contributed by atoms with E-state index in [9.17, 15) is 0 Å². The molecule has 3 rings (SSSR count). The Kier molecular flexibility index (Phi) is 4.23. The van der Waals surface area contributed by atoms with Crippen LogP contribution in [0, 0.1) is 0 Å². The van der Waals surface area contributed by atoms with E-state index in [4.69, 9.17) is 9.47 Å². The van der Waals surface area contributed by atoms with Gasteiger partial charge in [0.05, 0.1) is 13.2 Å². The first-order valence-electron chi connectivity index (χ1n) is 7.50. The molecule has 1 aliphatic heterocycles. The zero-order valence-electron chi connectivity index (χ0n) is 13.0. The molecule has 21 heavy (non-hydrogen) atoms. The third-order valence-electron chi connectivity index (χ3n) is 3.84. The summed E-state index contributed by atoms with van der Waals surface area (Å²) in [6, 6.07) is 4.35. The van der Waals surface area contributed by atoms with E-state index in [-0.39, 0.29) is 0 Å². The van der Waals surface area contributed by atoms with E-state index in [1.54, 1.807) is 22.7 Å². The van der Waals surface area contributed by atoms with Gasteiger partial charge >= 0.3 is 0 Å². The Morgan fingerprint density at radius 2 is 1.29 bits per heavy atom. The summed E-state index contributed by atoms with van der Waals surface area (Å²) >= 11 is 3.60. The Morgan fingerprint density at radius 3 is 1.67 bits per heavy atom. The maximum atomic E-state index is 6.20. The predicted molar refractivity (Wildman–Crippen MR) is 89.5 cm³/mol. The van der Waals surface area contributed by atoms with Gasteiger partial charge in [0.2, 0.25) is 5.79 Å². The van der Waals surface area contributed by atoms with Gasteiger partial charge in [-0.1, -0.05) is 27.7 Å². The molecule has 3 heterocycles. The molecule has 0 N–H and O–H groups in total. The van der Waals surface area contributed by atoms with E-state index < -0.39 is 5.79 Å². The molecule has 0 aliphatic carbocycles. The molecule has 4 heteroatoms. The van der Waals surface area contributed by atoms with Crippen LogP contribution in [0.2, 0.25) is 0 Å². The number of hydrogen-bond donors (Lipinski definition) is 0. The highest BCUT2D eigenvalue weighted by atomic mass is 32.1. The number of thiophene rings is 2. The molecule has 1 saturated heterocycles. The Balaban J connectivity index is 2.16. The molecule has 1 fully saturated rings. The van der Waals surface area contributed by atoms with Crippen molar-refractivity contribution in [2.75, 3.05) is 13.2 Å². The van der Waals surface area contributed by atoms with E-state index >= 15 is 0 Å². The molecular formula is C17H22O2S2. The van der Waals surface area contributed by atoms with E-state index in [1.165, 1.54) is 20.9 Å². The smallest absolute Gasteiger partial charge is 0.224 e. The third kappa shape index (κ3) is 2.48. The molecule has 0 spiro atoms. The van der Waals surface area contributed by atoms with Crippen molar-refractivity contribution in [2.45, 2.75) is 45.3 Å². The van der Waals surface area contributed by atoms with Gasteiger partial charge in [-0.15, -0.1) is 22.7 Å². The third-order valence-corrected chi connectivity index (χ3v) is 6.28. The number of hydrogen-bond acceptors (Lipinski definition) is 4. The summed E-state index contributed by atoms with van der Waals surface area (Å²) in [6.07, 6.45) is 0. The molecule has 0 radical (unpaired) electrons. The summed E-state index contributed by atoms with van der Waals surface area (Å²) in [7, 11) is 0. The normalized spacial score (nSPS) is 18.0. The van der Waals surface area contributed by atoms with Crippen molar-refractivity contribution in [1.82, 2.24) is 0 Å². The van der Waals surface area contributed by atoms with Crippen molar-refractivity contribution in [3.63, 3.8) is 0 Å². The van der Waals surface area contributed by atoms with Gasteiger partial charge in [-0.2, -0.15) is 0 Å². The van der Waals surface area contributed by atoms with Crippen molar-refractivity contribution in [1.29, 1.82) is 0 Å². The van der Waals surface area contributed by atoms with Gasteiger partial charge in [0.25, 0.3) is 0 Å². The first kappa shape index (κ1) is 15.2. The molecule has 0 bridgehead atoms. The molecule has 2 aromatic rings. The summed E-state index contributed by atoms with van der Waals surface area (Å²) in [6.45, 7) is 10.2. The van der Waals surface area contributed by atoms with Crippen LogP contribution >= 0.6 is 22.7 Å². The zero-order valence-corrected chi connectivity index (χ0v) is 14.6. The highest BCUT2D eigenvalue weighted by Crippen LogP contribution is 2.47. The second kappa shape index (κ2) is 5.84. The maximum Gasteiger partial charge on any atom is 0.224 e. The zero-order chi connectivity index (χ0) is 15.0. The maximum absolute atomic E-state index is 6.20. The second-order valence-corrected chi connectivity index (χ2v) is 7.92. The van der Waals surface area contributed by atoms with Crippen LogP contribution in [0.3, 0.4) is 0 Å². The molecule has 1 aliphatic rings. The summed E-state index contributed by atoms with van der Waals surface area (Å²) in [5.41, 5.74) is 2.39. The predicted octanol–water partition coefficient (Wildman–Crippen LogP) is 5.30. The van der Waals surface area contributed by atoms with E-state index in [0.29, 0.717) is 25.0 Å². The van der Waals surface area contributed by atoms with Crippen molar-refractivity contribution < 1.29 is 9.47 Å². The lowest BCUT2D eigenvalue weighted by Crippen LogP contribution is -2.30. The monoisotopic (exact) mass is 322 g/mol. The molecule has 0 saturated carbocycles. The Hall–Kier alpha value is -0.680. The van der Waals surface area contributed by atoms with Gasteiger partial charge in [-0.3, -0.25) is 0 Å². The van der Waals surface area contributed by atoms with Crippen LogP contribution in [-0.2, 0) is 15.3 Å². The minimum absolute atomic E-state index is 0.478. The largest absolute Gasteiger partial charge is 0.340 e. The summed E-state index contributed by atoms with van der Waals surface area (Å²) < 4.78 is 12.4. The van der Waals surface area contributed by atoms with Gasteiger partial charge in [-0.05, 0) is 34.7 Å². The molecule has 0 amide bonds. The van der Waals surface area contributed by atoms with Crippen LogP contribution in [0.5, 0.6) is 0 Å². The standard InChI is InChI=1S/C17H22O2S2/c1-11(2)15-13(5-9-20-15)17(18-7-8-19-17)14-6-10-21-16(14)12(3)4/h5-6,9-12H,7-8H2,1-4H3. The summed E-state index contributed by atoms with van der Waals surface area (Å²) in [5.74, 6) is 0.260. The average molecular weight is 322 g/mol. The minimum atomic E-state index is -0.695. The van der Waals surface area contributed by atoms with Crippen molar-refractivity contribution >= 4 is 22.7 Å². The number of rotatable bonds is 4. The van der Waals surface area contributed by atoms with E-state index in [0.717, 1.165) is 0 Å². The van der Waals surface area contributed by atoms with Crippen molar-refractivity contribution in [3.05, 3.63) is 43.8 Å². The van der Waals surface area contributed by atoms with Crippen molar-refractivity contribution in [2.24, 2.45) is 0 Å². The van der Waals surface area contributed by atoms with E-state index in [2.05, 4.69) is 50.6 Å². The molecule has 2 aromatic heterocycles. The molecule has 0 unspecified atom stereocenters. The minimum Gasteiger partial charge on any atom is -0.340 e. The van der Waals surface area contributed by atoms with Crippen LogP contribution in [0.4, 0.5) is 0 Å². The average Bonchev–Trinajstić information content (AvgIpc) is 3.18. The molecule has 114 valence electrons. The molecule has 0 aromatic carbocycles. The lowest BCUT2D eigenvalue weighted by Gasteiger charge is -2.30. The SMILES string of the molecule is CC(C)c1sccc1C1(c2ccsc2C(C)C)OCCO1. The topological polar surface area (TPSA) is 18.5 Å². The van der Waals surface area contributed by atoms with Crippen LogP contribution < -0.4 is 0 Å². The Labute approximate surface area is 134 Å². The lowest BCUT2D eigenvalue weighted by molar-refractivity contribution is -0.130. The second-order valence-electron chi connectivity index (χ2n) is 6.02. The molecular weight excluding hydrogens is 300 g/mol. The van der Waals surface area contributed by atoms with Crippen LogP contribution in [0.15, 0.2) is 22.9 Å². The lowest BCUT2D eigenvalue weighted by atomic mass is 9.92.